The maximum absolute atomic E-state index is 3.59. The summed E-state index contributed by atoms with van der Waals surface area (Å²) in [7, 11) is 2.26. The molecule has 0 aromatic heterocycles. The number of nitrogens with zero attached hydrogens (tertiary/aromatic N) is 2. The molecule has 0 bridgehead atoms. The van der Waals surface area contributed by atoms with E-state index in [0.29, 0.717) is 6.04 Å². The van der Waals surface area contributed by atoms with Gasteiger partial charge < -0.3 is 15.1 Å². The first-order valence-corrected chi connectivity index (χ1v) is 7.34. The number of rotatable bonds is 1. The molecule has 2 aliphatic heterocycles. The van der Waals surface area contributed by atoms with Gasteiger partial charge in [-0.25, -0.2) is 0 Å². The van der Waals surface area contributed by atoms with Gasteiger partial charge in [-0.3, -0.25) is 0 Å². The topological polar surface area (TPSA) is 18.5 Å². The zero-order valence-electron chi connectivity index (χ0n) is 11.8. The average molecular weight is 239 g/mol. The molecular weight excluding hydrogens is 210 g/mol. The SMILES string of the molecule is CC1CCN(C2CCN(C)C(C)C2)CCCN1. The van der Waals surface area contributed by atoms with E-state index in [-0.39, 0.29) is 0 Å². The van der Waals surface area contributed by atoms with E-state index in [1.165, 1.54) is 51.9 Å². The third kappa shape index (κ3) is 3.67. The Balaban J connectivity index is 1.87. The van der Waals surface area contributed by atoms with Crippen LogP contribution in [0.3, 0.4) is 0 Å². The van der Waals surface area contributed by atoms with Gasteiger partial charge in [0.15, 0.2) is 0 Å². The fourth-order valence-corrected chi connectivity index (χ4v) is 3.17. The van der Waals surface area contributed by atoms with E-state index in [0.717, 1.165) is 12.1 Å². The fraction of sp³-hybridized carbons (Fsp3) is 1.00. The monoisotopic (exact) mass is 239 g/mol. The lowest BCUT2D eigenvalue weighted by Crippen LogP contribution is -2.50. The zero-order valence-corrected chi connectivity index (χ0v) is 11.8. The van der Waals surface area contributed by atoms with E-state index < -0.39 is 0 Å². The lowest BCUT2D eigenvalue weighted by atomic mass is 9.96. The number of nitrogens with one attached hydrogen (secondary N) is 1. The lowest BCUT2D eigenvalue weighted by Gasteiger charge is -2.42. The molecule has 17 heavy (non-hydrogen) atoms. The van der Waals surface area contributed by atoms with Crippen LogP contribution in [0.2, 0.25) is 0 Å². The molecule has 0 saturated carbocycles. The minimum Gasteiger partial charge on any atom is -0.314 e. The molecule has 2 heterocycles. The molecule has 2 rings (SSSR count). The molecule has 0 radical (unpaired) electrons. The highest BCUT2D eigenvalue weighted by molar-refractivity contribution is 4.84. The molecule has 2 fully saturated rings. The van der Waals surface area contributed by atoms with Crippen molar-refractivity contribution < 1.29 is 0 Å². The van der Waals surface area contributed by atoms with E-state index in [1.54, 1.807) is 0 Å². The van der Waals surface area contributed by atoms with Crippen molar-refractivity contribution in [1.29, 1.82) is 0 Å². The van der Waals surface area contributed by atoms with Crippen LogP contribution in [0, 0.1) is 0 Å². The van der Waals surface area contributed by atoms with Gasteiger partial charge in [-0.2, -0.15) is 0 Å². The molecule has 3 heteroatoms. The average Bonchev–Trinajstić information content (AvgIpc) is 2.28. The highest BCUT2D eigenvalue weighted by atomic mass is 15.2. The van der Waals surface area contributed by atoms with Crippen molar-refractivity contribution in [2.75, 3.05) is 33.2 Å². The second-order valence-electron chi connectivity index (χ2n) is 6.04. The summed E-state index contributed by atoms with van der Waals surface area (Å²) >= 11 is 0. The number of likely N-dealkylation sites (tertiary alicyclic amines) is 1. The van der Waals surface area contributed by atoms with Crippen LogP contribution in [0.1, 0.15) is 39.5 Å². The highest BCUT2D eigenvalue weighted by Crippen LogP contribution is 2.21. The van der Waals surface area contributed by atoms with E-state index in [4.69, 9.17) is 0 Å². The van der Waals surface area contributed by atoms with Crippen LogP contribution in [-0.2, 0) is 0 Å². The Labute approximate surface area is 107 Å². The van der Waals surface area contributed by atoms with Crippen molar-refractivity contribution in [1.82, 2.24) is 15.1 Å². The second-order valence-corrected chi connectivity index (χ2v) is 6.04. The molecule has 0 amide bonds. The van der Waals surface area contributed by atoms with Crippen LogP contribution >= 0.6 is 0 Å². The minimum atomic E-state index is 0.696. The Morgan fingerprint density at radius 3 is 2.65 bits per heavy atom. The van der Waals surface area contributed by atoms with Crippen LogP contribution in [0.15, 0.2) is 0 Å². The van der Waals surface area contributed by atoms with Crippen molar-refractivity contribution in [3.8, 4) is 0 Å². The summed E-state index contributed by atoms with van der Waals surface area (Å²) in [6, 6.07) is 2.29. The Morgan fingerprint density at radius 2 is 1.88 bits per heavy atom. The summed E-state index contributed by atoms with van der Waals surface area (Å²) < 4.78 is 0. The second kappa shape index (κ2) is 6.17. The minimum absolute atomic E-state index is 0.696. The van der Waals surface area contributed by atoms with Gasteiger partial charge in [0.25, 0.3) is 0 Å². The Bertz CT molecular complexity index is 232. The van der Waals surface area contributed by atoms with E-state index in [1.807, 2.05) is 0 Å². The largest absolute Gasteiger partial charge is 0.314 e. The molecule has 0 aliphatic carbocycles. The van der Waals surface area contributed by atoms with Gasteiger partial charge in [-0.15, -0.1) is 0 Å². The van der Waals surface area contributed by atoms with Crippen molar-refractivity contribution in [2.45, 2.75) is 57.7 Å². The van der Waals surface area contributed by atoms with Crippen molar-refractivity contribution in [2.24, 2.45) is 0 Å². The van der Waals surface area contributed by atoms with E-state index in [9.17, 15) is 0 Å². The van der Waals surface area contributed by atoms with Gasteiger partial charge in [-0.1, -0.05) is 0 Å². The molecule has 0 spiro atoms. The summed E-state index contributed by atoms with van der Waals surface area (Å²) in [4.78, 5) is 5.27. The predicted molar refractivity (Wildman–Crippen MR) is 73.4 cm³/mol. The van der Waals surface area contributed by atoms with Crippen LogP contribution in [0.5, 0.6) is 0 Å². The maximum atomic E-state index is 3.59. The summed E-state index contributed by atoms with van der Waals surface area (Å²) in [5, 5.41) is 3.59. The Morgan fingerprint density at radius 1 is 1.06 bits per heavy atom. The quantitative estimate of drug-likeness (QED) is 0.749. The number of hydrogen-bond acceptors (Lipinski definition) is 3. The first-order chi connectivity index (χ1) is 8.16. The molecule has 2 saturated heterocycles. The first kappa shape index (κ1) is 13.3. The first-order valence-electron chi connectivity index (χ1n) is 7.34. The van der Waals surface area contributed by atoms with Gasteiger partial charge in [0, 0.05) is 18.1 Å². The predicted octanol–water partition coefficient (Wildman–Crippen LogP) is 1.54. The maximum Gasteiger partial charge on any atom is 0.0122 e. The Kier molecular flexibility index (Phi) is 4.83. The molecule has 1 N–H and O–H groups in total. The van der Waals surface area contributed by atoms with Crippen LogP contribution < -0.4 is 5.32 Å². The summed E-state index contributed by atoms with van der Waals surface area (Å²) in [6.45, 7) is 9.74. The van der Waals surface area contributed by atoms with Gasteiger partial charge in [0.05, 0.1) is 0 Å². The van der Waals surface area contributed by atoms with Crippen LogP contribution in [-0.4, -0.2) is 61.2 Å². The summed E-state index contributed by atoms with van der Waals surface area (Å²) in [5.41, 5.74) is 0. The van der Waals surface area contributed by atoms with Gasteiger partial charge in [-0.05, 0) is 72.8 Å². The van der Waals surface area contributed by atoms with E-state index in [2.05, 4.69) is 36.0 Å². The molecule has 0 aromatic carbocycles. The van der Waals surface area contributed by atoms with Gasteiger partial charge in [0.2, 0.25) is 0 Å². The third-order valence-corrected chi connectivity index (χ3v) is 4.66. The van der Waals surface area contributed by atoms with Gasteiger partial charge in [0.1, 0.15) is 0 Å². The Hall–Kier alpha value is -0.120. The molecule has 3 atom stereocenters. The van der Waals surface area contributed by atoms with Crippen molar-refractivity contribution in [3.05, 3.63) is 0 Å². The molecule has 0 aromatic rings. The normalized spacial score (nSPS) is 38.6. The number of piperidine rings is 1. The summed E-state index contributed by atoms with van der Waals surface area (Å²) in [6.07, 6.45) is 5.34. The zero-order chi connectivity index (χ0) is 12.3. The van der Waals surface area contributed by atoms with Crippen LogP contribution in [0.25, 0.3) is 0 Å². The molecule has 100 valence electrons. The third-order valence-electron chi connectivity index (χ3n) is 4.66. The lowest BCUT2D eigenvalue weighted by molar-refractivity contribution is 0.0805. The number of hydrogen-bond donors (Lipinski definition) is 1. The van der Waals surface area contributed by atoms with E-state index >= 15 is 0 Å². The van der Waals surface area contributed by atoms with Gasteiger partial charge >= 0.3 is 0 Å². The van der Waals surface area contributed by atoms with Crippen LogP contribution in [0.4, 0.5) is 0 Å². The molecule has 2 aliphatic rings. The fourth-order valence-electron chi connectivity index (χ4n) is 3.17. The van der Waals surface area contributed by atoms with Crippen molar-refractivity contribution in [3.63, 3.8) is 0 Å². The molecule has 3 unspecified atom stereocenters. The van der Waals surface area contributed by atoms with Crippen molar-refractivity contribution >= 4 is 0 Å². The summed E-state index contributed by atoms with van der Waals surface area (Å²) in [5.74, 6) is 0. The standard InChI is InChI=1S/C14H29N3/c1-12-5-10-17(8-4-7-15-12)14-6-9-16(3)13(2)11-14/h12-15H,4-11H2,1-3H3. The molecular formula is C14H29N3. The highest BCUT2D eigenvalue weighted by Gasteiger charge is 2.27. The smallest absolute Gasteiger partial charge is 0.0122 e. The molecule has 3 nitrogen and oxygen atoms in total.